The van der Waals surface area contributed by atoms with E-state index in [2.05, 4.69) is 0 Å². The first-order valence-electron chi connectivity index (χ1n) is 5.77. The lowest BCUT2D eigenvalue weighted by molar-refractivity contribution is -0.137. The Morgan fingerprint density at radius 1 is 1.05 bits per heavy atom. The Kier molecular flexibility index (Phi) is 3.79. The van der Waals surface area contributed by atoms with Crippen LogP contribution in [0, 0.1) is 0 Å². The number of carbonyl (C=O) groups is 1. The summed E-state index contributed by atoms with van der Waals surface area (Å²) in [6, 6.07) is 9.55. The van der Waals surface area contributed by atoms with E-state index in [0.29, 0.717) is 12.0 Å². The third-order valence-electron chi connectivity index (χ3n) is 2.91. The Labute approximate surface area is 113 Å². The number of methoxy groups -OCH3 is 1. The molecule has 0 aliphatic rings. The number of ether oxygens (including phenoxy) is 1. The smallest absolute Gasteiger partial charge is 0.417 e. The van der Waals surface area contributed by atoms with Crippen molar-refractivity contribution in [3.63, 3.8) is 0 Å². The van der Waals surface area contributed by atoms with Gasteiger partial charge in [0.25, 0.3) is 0 Å². The fourth-order valence-corrected chi connectivity index (χ4v) is 1.98. The van der Waals surface area contributed by atoms with E-state index in [-0.39, 0.29) is 16.7 Å². The van der Waals surface area contributed by atoms with Crippen molar-refractivity contribution in [3.8, 4) is 16.9 Å². The van der Waals surface area contributed by atoms with Gasteiger partial charge in [0.15, 0.2) is 6.29 Å². The molecule has 0 aliphatic heterocycles. The molecule has 2 nitrogen and oxygen atoms in total. The number of carbonyl (C=O) groups excluding carboxylic acids is 1. The van der Waals surface area contributed by atoms with E-state index >= 15 is 0 Å². The summed E-state index contributed by atoms with van der Waals surface area (Å²) in [4.78, 5) is 11.1. The number of halogens is 3. The van der Waals surface area contributed by atoms with E-state index in [4.69, 9.17) is 4.74 Å². The SMILES string of the molecule is COc1ccc(-c2ccccc2C(F)(F)F)c(C=O)c1. The molecule has 0 aliphatic carbocycles. The maximum absolute atomic E-state index is 13.0. The van der Waals surface area contributed by atoms with Crippen LogP contribution in [0.25, 0.3) is 11.1 Å². The Bertz CT molecular complexity index is 633. The van der Waals surface area contributed by atoms with E-state index in [1.54, 1.807) is 0 Å². The molecule has 0 aromatic heterocycles. The van der Waals surface area contributed by atoms with Crippen LogP contribution in [0.2, 0.25) is 0 Å². The maximum atomic E-state index is 13.0. The fraction of sp³-hybridized carbons (Fsp3) is 0.133. The monoisotopic (exact) mass is 280 g/mol. The first-order chi connectivity index (χ1) is 9.47. The van der Waals surface area contributed by atoms with Crippen molar-refractivity contribution < 1.29 is 22.7 Å². The van der Waals surface area contributed by atoms with Crippen LogP contribution >= 0.6 is 0 Å². The minimum Gasteiger partial charge on any atom is -0.497 e. The van der Waals surface area contributed by atoms with Crippen LogP contribution in [0.15, 0.2) is 42.5 Å². The third kappa shape index (κ3) is 2.66. The average Bonchev–Trinajstić information content (AvgIpc) is 2.45. The molecule has 0 fully saturated rings. The molecule has 5 heteroatoms. The number of aldehydes is 1. The summed E-state index contributed by atoms with van der Waals surface area (Å²) in [6.45, 7) is 0. The normalized spacial score (nSPS) is 11.2. The quantitative estimate of drug-likeness (QED) is 0.788. The zero-order chi connectivity index (χ0) is 14.8. The molecule has 2 aromatic rings. The predicted octanol–water partition coefficient (Wildman–Crippen LogP) is 4.19. The number of hydrogen-bond donors (Lipinski definition) is 0. The predicted molar refractivity (Wildman–Crippen MR) is 68.8 cm³/mol. The lowest BCUT2D eigenvalue weighted by Gasteiger charge is -2.14. The van der Waals surface area contributed by atoms with Crippen LogP contribution in [0.5, 0.6) is 5.75 Å². The van der Waals surface area contributed by atoms with Gasteiger partial charge in [-0.05, 0) is 35.4 Å². The van der Waals surface area contributed by atoms with Crippen LogP contribution in [0.3, 0.4) is 0 Å². The molecule has 2 aromatic carbocycles. The number of rotatable bonds is 3. The molecule has 0 unspecified atom stereocenters. The molecule has 20 heavy (non-hydrogen) atoms. The van der Waals surface area contributed by atoms with Crippen LogP contribution in [0.4, 0.5) is 13.2 Å². The maximum Gasteiger partial charge on any atom is 0.417 e. The molecule has 2 rings (SSSR count). The lowest BCUT2D eigenvalue weighted by atomic mass is 9.95. The molecule has 0 saturated carbocycles. The summed E-state index contributed by atoms with van der Waals surface area (Å²) < 4.78 is 44.0. The molecule has 0 amide bonds. The van der Waals surface area contributed by atoms with Crippen molar-refractivity contribution >= 4 is 6.29 Å². The van der Waals surface area contributed by atoms with Gasteiger partial charge >= 0.3 is 6.18 Å². The van der Waals surface area contributed by atoms with Gasteiger partial charge in [0.05, 0.1) is 12.7 Å². The minimum absolute atomic E-state index is 0.0234. The molecule has 0 heterocycles. The van der Waals surface area contributed by atoms with Crippen molar-refractivity contribution in [2.45, 2.75) is 6.18 Å². The largest absolute Gasteiger partial charge is 0.497 e. The molecular formula is C15H11F3O2. The van der Waals surface area contributed by atoms with E-state index in [9.17, 15) is 18.0 Å². The number of hydrogen-bond acceptors (Lipinski definition) is 2. The van der Waals surface area contributed by atoms with Gasteiger partial charge in [-0.1, -0.05) is 18.2 Å². The van der Waals surface area contributed by atoms with E-state index in [1.165, 1.54) is 43.5 Å². The van der Waals surface area contributed by atoms with Gasteiger partial charge in [0.1, 0.15) is 5.75 Å². The Balaban J connectivity index is 2.66. The van der Waals surface area contributed by atoms with Gasteiger partial charge in [-0.3, -0.25) is 4.79 Å². The number of benzene rings is 2. The van der Waals surface area contributed by atoms with Crippen LogP contribution in [-0.4, -0.2) is 13.4 Å². The first-order valence-corrected chi connectivity index (χ1v) is 5.77. The minimum atomic E-state index is -4.48. The summed E-state index contributed by atoms with van der Waals surface area (Å²) in [5.74, 6) is 0.417. The Morgan fingerprint density at radius 2 is 1.75 bits per heavy atom. The Hall–Kier alpha value is -2.30. The van der Waals surface area contributed by atoms with Crippen molar-refractivity contribution in [1.82, 2.24) is 0 Å². The van der Waals surface area contributed by atoms with Gasteiger partial charge in [0.2, 0.25) is 0 Å². The lowest BCUT2D eigenvalue weighted by Crippen LogP contribution is -2.07. The van der Waals surface area contributed by atoms with E-state index in [1.807, 2.05) is 0 Å². The first kappa shape index (κ1) is 14.1. The van der Waals surface area contributed by atoms with Gasteiger partial charge in [0, 0.05) is 5.56 Å². The summed E-state index contributed by atoms with van der Waals surface area (Å²) in [5.41, 5.74) is -0.409. The molecule has 0 N–H and O–H groups in total. The van der Waals surface area contributed by atoms with Gasteiger partial charge in [-0.15, -0.1) is 0 Å². The summed E-state index contributed by atoms with van der Waals surface area (Å²) >= 11 is 0. The van der Waals surface area contributed by atoms with Crippen molar-refractivity contribution in [3.05, 3.63) is 53.6 Å². The van der Waals surface area contributed by atoms with Gasteiger partial charge in [-0.25, -0.2) is 0 Å². The molecule has 0 saturated heterocycles. The molecule has 0 radical (unpaired) electrons. The van der Waals surface area contributed by atoms with Gasteiger partial charge < -0.3 is 4.74 Å². The molecule has 104 valence electrons. The highest BCUT2D eigenvalue weighted by Gasteiger charge is 2.33. The average molecular weight is 280 g/mol. The third-order valence-corrected chi connectivity index (χ3v) is 2.91. The highest BCUT2D eigenvalue weighted by molar-refractivity contribution is 5.89. The second-order valence-corrected chi connectivity index (χ2v) is 4.11. The standard InChI is InChI=1S/C15H11F3O2/c1-20-11-6-7-12(10(8-11)9-19)13-4-2-3-5-14(13)15(16,17)18/h2-9H,1H3. The summed E-state index contributed by atoms with van der Waals surface area (Å²) in [6.07, 6.45) is -3.96. The highest BCUT2D eigenvalue weighted by Crippen LogP contribution is 2.38. The topological polar surface area (TPSA) is 26.3 Å². The molecular weight excluding hydrogens is 269 g/mol. The Morgan fingerprint density at radius 3 is 2.35 bits per heavy atom. The van der Waals surface area contributed by atoms with Crippen molar-refractivity contribution in [2.24, 2.45) is 0 Å². The summed E-state index contributed by atoms with van der Waals surface area (Å²) in [7, 11) is 1.42. The fourth-order valence-electron chi connectivity index (χ4n) is 1.98. The van der Waals surface area contributed by atoms with Crippen LogP contribution in [-0.2, 0) is 6.18 Å². The molecule has 0 atom stereocenters. The second-order valence-electron chi connectivity index (χ2n) is 4.11. The van der Waals surface area contributed by atoms with Gasteiger partial charge in [-0.2, -0.15) is 13.2 Å². The number of alkyl halides is 3. The van der Waals surface area contributed by atoms with E-state index < -0.39 is 11.7 Å². The zero-order valence-corrected chi connectivity index (χ0v) is 10.6. The van der Waals surface area contributed by atoms with Crippen LogP contribution < -0.4 is 4.74 Å². The van der Waals surface area contributed by atoms with E-state index in [0.717, 1.165) is 6.07 Å². The highest BCUT2D eigenvalue weighted by atomic mass is 19.4. The van der Waals surface area contributed by atoms with Crippen molar-refractivity contribution in [1.29, 1.82) is 0 Å². The summed E-state index contributed by atoms with van der Waals surface area (Å²) in [5, 5.41) is 0. The second kappa shape index (κ2) is 5.36. The van der Waals surface area contributed by atoms with Crippen molar-refractivity contribution in [2.75, 3.05) is 7.11 Å². The van der Waals surface area contributed by atoms with Crippen LogP contribution in [0.1, 0.15) is 15.9 Å². The molecule has 0 bridgehead atoms. The zero-order valence-electron chi connectivity index (χ0n) is 10.6. The molecule has 0 spiro atoms.